The standard InChI is InChI=1S/C19H26F4N2O.ClH/c1-2-3-4-5-9-16(25-13-11-24-12-14-25)15-8-6-7-10-17(15)26-19(22,23)18(20)21;/h2,6-8,10,16,18,24H,1,3-5,9,11-14H2;1H/t16-;/m0./s1. The van der Waals surface area contributed by atoms with E-state index in [9.17, 15) is 17.6 Å². The predicted octanol–water partition coefficient (Wildman–Crippen LogP) is 5.04. The maximum absolute atomic E-state index is 13.5. The summed E-state index contributed by atoms with van der Waals surface area (Å²) in [5.41, 5.74) is 0.535. The summed E-state index contributed by atoms with van der Waals surface area (Å²) in [6.45, 7) is 6.85. The first-order chi connectivity index (χ1) is 12.5. The number of rotatable bonds is 10. The minimum Gasteiger partial charge on any atom is -0.428 e. The zero-order valence-corrected chi connectivity index (χ0v) is 16.0. The van der Waals surface area contributed by atoms with Crippen LogP contribution in [0.3, 0.4) is 0 Å². The predicted molar refractivity (Wildman–Crippen MR) is 101 cm³/mol. The summed E-state index contributed by atoms with van der Waals surface area (Å²) in [5, 5.41) is 3.26. The third-order valence-corrected chi connectivity index (χ3v) is 4.51. The molecule has 0 aromatic heterocycles. The quantitative estimate of drug-likeness (QED) is 0.332. The zero-order chi connectivity index (χ0) is 19.0. The largest absolute Gasteiger partial charge is 0.461 e. The molecule has 0 amide bonds. The van der Waals surface area contributed by atoms with E-state index in [2.05, 4.69) is 21.5 Å². The van der Waals surface area contributed by atoms with Crippen molar-refractivity contribution in [3.05, 3.63) is 42.5 Å². The summed E-state index contributed by atoms with van der Waals surface area (Å²) in [6, 6.07) is 6.13. The van der Waals surface area contributed by atoms with Crippen LogP contribution >= 0.6 is 12.4 Å². The molecule has 2 rings (SSSR count). The van der Waals surface area contributed by atoms with E-state index in [1.54, 1.807) is 12.1 Å². The van der Waals surface area contributed by atoms with Crippen molar-refractivity contribution in [3.63, 3.8) is 0 Å². The van der Waals surface area contributed by atoms with E-state index in [1.165, 1.54) is 12.1 Å². The molecule has 0 unspecified atom stereocenters. The van der Waals surface area contributed by atoms with E-state index in [4.69, 9.17) is 0 Å². The van der Waals surface area contributed by atoms with Crippen molar-refractivity contribution in [2.45, 2.75) is 44.3 Å². The second kappa shape index (κ2) is 11.5. The maximum atomic E-state index is 13.5. The lowest BCUT2D eigenvalue weighted by molar-refractivity contribution is -0.253. The number of piperazine rings is 1. The lowest BCUT2D eigenvalue weighted by Crippen LogP contribution is -2.45. The molecule has 1 saturated heterocycles. The highest BCUT2D eigenvalue weighted by Crippen LogP contribution is 2.37. The van der Waals surface area contributed by atoms with Gasteiger partial charge in [-0.3, -0.25) is 4.90 Å². The van der Waals surface area contributed by atoms with Crippen LogP contribution in [-0.2, 0) is 0 Å². The fourth-order valence-electron chi connectivity index (χ4n) is 3.19. The smallest absolute Gasteiger partial charge is 0.428 e. The Kier molecular flexibility index (Phi) is 10.1. The molecule has 0 saturated carbocycles. The van der Waals surface area contributed by atoms with Crippen LogP contribution in [0.2, 0.25) is 0 Å². The van der Waals surface area contributed by atoms with E-state index < -0.39 is 12.5 Å². The molecule has 0 bridgehead atoms. The number of para-hydroxylation sites is 1. The highest BCUT2D eigenvalue weighted by atomic mass is 35.5. The number of hydrogen-bond acceptors (Lipinski definition) is 3. The molecule has 0 aliphatic carbocycles. The van der Waals surface area contributed by atoms with Gasteiger partial charge in [0, 0.05) is 37.8 Å². The highest BCUT2D eigenvalue weighted by Gasteiger charge is 2.44. The first-order valence-corrected chi connectivity index (χ1v) is 8.95. The van der Waals surface area contributed by atoms with Gasteiger partial charge in [0.05, 0.1) is 0 Å². The van der Waals surface area contributed by atoms with Gasteiger partial charge >= 0.3 is 12.5 Å². The fourth-order valence-corrected chi connectivity index (χ4v) is 3.19. The van der Waals surface area contributed by atoms with Gasteiger partial charge in [-0.1, -0.05) is 30.7 Å². The Bertz CT molecular complexity index is 568. The van der Waals surface area contributed by atoms with Crippen molar-refractivity contribution in [3.8, 4) is 5.75 Å². The minimum atomic E-state index is -4.51. The molecule has 0 spiro atoms. The van der Waals surface area contributed by atoms with Crippen molar-refractivity contribution in [1.82, 2.24) is 10.2 Å². The number of unbranched alkanes of at least 4 members (excludes halogenated alkanes) is 2. The van der Waals surface area contributed by atoms with Gasteiger partial charge in [0.2, 0.25) is 0 Å². The maximum Gasteiger partial charge on any atom is 0.461 e. The van der Waals surface area contributed by atoms with Crippen molar-refractivity contribution in [2.75, 3.05) is 26.2 Å². The Morgan fingerprint density at radius 1 is 1.19 bits per heavy atom. The molecule has 1 heterocycles. The van der Waals surface area contributed by atoms with Crippen molar-refractivity contribution in [2.24, 2.45) is 0 Å². The number of hydrogen-bond donors (Lipinski definition) is 1. The summed E-state index contributed by atoms with van der Waals surface area (Å²) in [6.07, 6.45) is -3.07. The minimum absolute atomic E-state index is 0. The Labute approximate surface area is 164 Å². The number of nitrogens with zero attached hydrogens (tertiary/aromatic N) is 1. The molecule has 3 nitrogen and oxygen atoms in total. The van der Waals surface area contributed by atoms with Crippen LogP contribution in [0.25, 0.3) is 0 Å². The van der Waals surface area contributed by atoms with Gasteiger partial charge in [-0.25, -0.2) is 0 Å². The molecule has 1 aromatic carbocycles. The van der Waals surface area contributed by atoms with Crippen LogP contribution in [0.5, 0.6) is 5.75 Å². The highest BCUT2D eigenvalue weighted by molar-refractivity contribution is 5.85. The fraction of sp³-hybridized carbons (Fsp3) is 0.579. The summed E-state index contributed by atoms with van der Waals surface area (Å²) >= 11 is 0. The van der Waals surface area contributed by atoms with E-state index in [1.807, 2.05) is 6.08 Å². The number of alkyl halides is 4. The SMILES string of the molecule is C=CCCCC[C@@H](c1ccccc1OC(F)(F)C(F)F)N1CCNCC1.Cl. The zero-order valence-electron chi connectivity index (χ0n) is 15.2. The number of benzene rings is 1. The topological polar surface area (TPSA) is 24.5 Å². The lowest BCUT2D eigenvalue weighted by Gasteiger charge is -2.36. The van der Waals surface area contributed by atoms with Crippen LogP contribution in [-0.4, -0.2) is 43.6 Å². The third kappa shape index (κ3) is 6.97. The number of halogens is 5. The monoisotopic (exact) mass is 410 g/mol. The average molecular weight is 411 g/mol. The number of allylic oxidation sites excluding steroid dienone is 1. The molecule has 1 N–H and O–H groups in total. The van der Waals surface area contributed by atoms with E-state index in [-0.39, 0.29) is 24.2 Å². The molecule has 1 aliphatic heterocycles. The normalized spacial score (nSPS) is 16.6. The van der Waals surface area contributed by atoms with E-state index >= 15 is 0 Å². The molecule has 154 valence electrons. The molecule has 27 heavy (non-hydrogen) atoms. The molecule has 1 fully saturated rings. The number of ether oxygens (including phenoxy) is 1. The van der Waals surface area contributed by atoms with Crippen molar-refractivity contribution >= 4 is 12.4 Å². The second-order valence-corrected chi connectivity index (χ2v) is 6.38. The molecule has 0 radical (unpaired) electrons. The van der Waals surface area contributed by atoms with Gasteiger partial charge in [-0.15, -0.1) is 19.0 Å². The summed E-state index contributed by atoms with van der Waals surface area (Å²) in [4.78, 5) is 2.20. The summed E-state index contributed by atoms with van der Waals surface area (Å²) in [5.74, 6) is -0.176. The second-order valence-electron chi connectivity index (χ2n) is 6.38. The summed E-state index contributed by atoms with van der Waals surface area (Å²) in [7, 11) is 0. The van der Waals surface area contributed by atoms with Gasteiger partial charge in [0.15, 0.2) is 0 Å². The van der Waals surface area contributed by atoms with Gasteiger partial charge in [0.25, 0.3) is 0 Å². The number of nitrogens with one attached hydrogen (secondary N) is 1. The molecule has 1 aliphatic rings. The third-order valence-electron chi connectivity index (χ3n) is 4.51. The van der Waals surface area contributed by atoms with Crippen molar-refractivity contribution < 1.29 is 22.3 Å². The summed E-state index contributed by atoms with van der Waals surface area (Å²) < 4.78 is 56.5. The van der Waals surface area contributed by atoms with E-state index in [0.29, 0.717) is 5.56 Å². The van der Waals surface area contributed by atoms with Crippen molar-refractivity contribution in [1.29, 1.82) is 0 Å². The van der Waals surface area contributed by atoms with Crippen LogP contribution in [0.4, 0.5) is 17.6 Å². The van der Waals surface area contributed by atoms with Crippen LogP contribution in [0, 0.1) is 0 Å². The van der Waals surface area contributed by atoms with Crippen LogP contribution < -0.4 is 10.1 Å². The first kappa shape index (κ1) is 23.7. The molecular formula is C19H27ClF4N2O. The van der Waals surface area contributed by atoms with Crippen LogP contribution in [0.15, 0.2) is 36.9 Å². The van der Waals surface area contributed by atoms with Crippen LogP contribution in [0.1, 0.15) is 37.3 Å². The van der Waals surface area contributed by atoms with Gasteiger partial charge in [-0.2, -0.15) is 17.6 Å². The molecule has 1 atom stereocenters. The molecule has 8 heteroatoms. The first-order valence-electron chi connectivity index (χ1n) is 8.95. The van der Waals surface area contributed by atoms with Gasteiger partial charge < -0.3 is 10.1 Å². The Morgan fingerprint density at radius 2 is 1.85 bits per heavy atom. The Morgan fingerprint density at radius 3 is 2.48 bits per heavy atom. The molecule has 1 aromatic rings. The van der Waals surface area contributed by atoms with Gasteiger partial charge in [0.1, 0.15) is 5.75 Å². The Hall–Kier alpha value is -1.31. The average Bonchev–Trinajstić information content (AvgIpc) is 2.63. The van der Waals surface area contributed by atoms with E-state index in [0.717, 1.165) is 51.9 Å². The van der Waals surface area contributed by atoms with Gasteiger partial charge in [-0.05, 0) is 25.3 Å². The molecular weight excluding hydrogens is 384 g/mol. The lowest BCUT2D eigenvalue weighted by atomic mass is 9.97. The Balaban J connectivity index is 0.00000364.